The van der Waals surface area contributed by atoms with Crippen LogP contribution in [0.15, 0.2) is 32.7 Å². The highest BCUT2D eigenvalue weighted by molar-refractivity contribution is 7.97. The van der Waals surface area contributed by atoms with E-state index in [9.17, 15) is 14.4 Å². The smallest absolute Gasteiger partial charge is 0.410 e. The van der Waals surface area contributed by atoms with Crippen LogP contribution < -0.4 is 16.0 Å². The molecule has 0 radical (unpaired) electrons. The molecule has 0 bridgehead atoms. The zero-order valence-electron chi connectivity index (χ0n) is 21.1. The van der Waals surface area contributed by atoms with Crippen molar-refractivity contribution in [2.75, 3.05) is 13.1 Å². The summed E-state index contributed by atoms with van der Waals surface area (Å²) in [5.41, 5.74) is -0.119. The molecule has 3 fully saturated rings. The first-order chi connectivity index (χ1) is 16.5. The summed E-state index contributed by atoms with van der Waals surface area (Å²) in [6, 6.07) is 5.62. The van der Waals surface area contributed by atoms with E-state index in [-0.39, 0.29) is 28.9 Å². The minimum Gasteiger partial charge on any atom is -0.444 e. The molecule has 1 amide bonds. The predicted octanol–water partition coefficient (Wildman–Crippen LogP) is 4.29. The fourth-order valence-electron chi connectivity index (χ4n) is 4.60. The lowest BCUT2D eigenvalue weighted by Gasteiger charge is -2.34. The van der Waals surface area contributed by atoms with E-state index in [2.05, 4.69) is 11.6 Å². The number of likely N-dealkylation sites (tertiary alicyclic amines) is 1. The first-order valence-electron chi connectivity index (χ1n) is 12.7. The van der Waals surface area contributed by atoms with E-state index in [1.54, 1.807) is 21.4 Å². The molecule has 3 aliphatic rings. The predicted molar refractivity (Wildman–Crippen MR) is 138 cm³/mol. The molecule has 2 heterocycles. The number of benzene rings is 1. The molecule has 2 saturated carbocycles. The molecule has 0 spiro atoms. The Bertz CT molecular complexity index is 1240. The fourth-order valence-corrected chi connectivity index (χ4v) is 5.48. The second-order valence-electron chi connectivity index (χ2n) is 11.7. The van der Waals surface area contributed by atoms with Crippen molar-refractivity contribution in [3.8, 4) is 0 Å². The van der Waals surface area contributed by atoms with Crippen molar-refractivity contribution in [3.63, 3.8) is 0 Å². The van der Waals surface area contributed by atoms with Crippen LogP contribution in [0.4, 0.5) is 4.79 Å². The van der Waals surface area contributed by atoms with Crippen molar-refractivity contribution in [2.45, 2.75) is 94.8 Å². The molecular weight excluding hydrogens is 464 g/mol. The number of nitrogens with one attached hydrogen (secondary N) is 1. The quantitative estimate of drug-likeness (QED) is 0.596. The van der Waals surface area contributed by atoms with Gasteiger partial charge in [-0.1, -0.05) is 0 Å². The second kappa shape index (κ2) is 9.00. The third-order valence-corrected chi connectivity index (χ3v) is 8.26. The molecule has 1 N–H and O–H groups in total. The van der Waals surface area contributed by atoms with Crippen molar-refractivity contribution < 1.29 is 9.53 Å². The Labute approximate surface area is 210 Å². The summed E-state index contributed by atoms with van der Waals surface area (Å²) in [7, 11) is 0. The normalized spacial score (nSPS) is 20.3. The number of aromatic nitrogens is 2. The Kier molecular flexibility index (Phi) is 6.28. The summed E-state index contributed by atoms with van der Waals surface area (Å²) in [4.78, 5) is 42.4. The first-order valence-corrected chi connectivity index (χ1v) is 13.6. The van der Waals surface area contributed by atoms with Crippen molar-refractivity contribution >= 4 is 28.9 Å². The molecule has 1 aromatic heterocycles. The highest BCUT2D eigenvalue weighted by Gasteiger charge is 2.37. The molecule has 2 aromatic rings. The van der Waals surface area contributed by atoms with Gasteiger partial charge < -0.3 is 9.64 Å². The van der Waals surface area contributed by atoms with Crippen molar-refractivity contribution in [1.82, 2.24) is 18.8 Å². The monoisotopic (exact) mass is 500 g/mol. The topological polar surface area (TPSA) is 85.6 Å². The minimum absolute atomic E-state index is 0.173. The molecule has 5 rings (SSSR count). The van der Waals surface area contributed by atoms with Gasteiger partial charge >= 0.3 is 11.8 Å². The van der Waals surface area contributed by atoms with Gasteiger partial charge in [-0.2, -0.15) is 0 Å². The summed E-state index contributed by atoms with van der Waals surface area (Å²) in [5, 5.41) is 0.590. The number of piperidine rings is 1. The van der Waals surface area contributed by atoms with Gasteiger partial charge in [-0.05, 0) is 102 Å². The van der Waals surface area contributed by atoms with Gasteiger partial charge in [0, 0.05) is 36.1 Å². The third-order valence-electron chi connectivity index (χ3n) is 7.18. The maximum absolute atomic E-state index is 13.7. The van der Waals surface area contributed by atoms with Crippen LogP contribution in [0, 0.1) is 5.92 Å². The highest BCUT2D eigenvalue weighted by Crippen LogP contribution is 2.38. The number of nitrogens with zero attached hydrogens (tertiary/aromatic N) is 3. The maximum atomic E-state index is 13.7. The van der Waals surface area contributed by atoms with Crippen LogP contribution in [0.25, 0.3) is 10.9 Å². The summed E-state index contributed by atoms with van der Waals surface area (Å²) in [6.45, 7) is 9.32. The fraction of sp³-hybridized carbons (Fsp3) is 0.654. The molecule has 0 atom stereocenters. The molecule has 0 unspecified atom stereocenters. The molecular formula is C26H36N4O4S. The van der Waals surface area contributed by atoms with Gasteiger partial charge in [-0.25, -0.2) is 9.59 Å². The Balaban J connectivity index is 1.44. The lowest BCUT2D eigenvalue weighted by Crippen LogP contribution is -2.47. The van der Waals surface area contributed by atoms with Gasteiger partial charge in [0.2, 0.25) is 0 Å². The van der Waals surface area contributed by atoms with Crippen molar-refractivity contribution in [3.05, 3.63) is 39.0 Å². The second-order valence-corrected chi connectivity index (χ2v) is 12.5. The average Bonchev–Trinajstić information content (AvgIpc) is 3.73. The molecule has 1 aliphatic heterocycles. The largest absolute Gasteiger partial charge is 0.444 e. The van der Waals surface area contributed by atoms with Gasteiger partial charge in [-0.15, -0.1) is 0 Å². The Morgan fingerprint density at radius 2 is 1.83 bits per heavy atom. The number of rotatable bonds is 6. The Morgan fingerprint density at radius 1 is 1.14 bits per heavy atom. The van der Waals surface area contributed by atoms with Crippen LogP contribution in [-0.4, -0.2) is 44.4 Å². The van der Waals surface area contributed by atoms with E-state index >= 15 is 0 Å². The molecule has 8 nitrogen and oxygen atoms in total. The maximum Gasteiger partial charge on any atom is 0.410 e. The van der Waals surface area contributed by atoms with Crippen molar-refractivity contribution in [1.29, 1.82) is 0 Å². The Hall–Kier alpha value is -2.26. The van der Waals surface area contributed by atoms with Crippen LogP contribution in [-0.2, 0) is 11.3 Å². The minimum atomic E-state index is -0.554. The summed E-state index contributed by atoms with van der Waals surface area (Å²) >= 11 is 1.56. The van der Waals surface area contributed by atoms with Gasteiger partial charge in [0.05, 0.1) is 10.9 Å². The standard InChI is InChI=1S/C26H36N4O4S/c1-25(2,3)34-24(33)28-13-9-18(10-14-28)30-22(31)20-15-19(35-27-26(4)11-12-26)7-8-21(20)29(23(30)32)16-17-5-6-17/h7-8,15,17-18,27H,5-6,9-14,16H2,1-4H3. The van der Waals surface area contributed by atoms with Crippen LogP contribution in [0.1, 0.15) is 72.3 Å². The molecule has 35 heavy (non-hydrogen) atoms. The van der Waals surface area contributed by atoms with Crippen LogP contribution >= 0.6 is 11.9 Å². The molecule has 9 heteroatoms. The van der Waals surface area contributed by atoms with Crippen LogP contribution in [0.3, 0.4) is 0 Å². The van der Waals surface area contributed by atoms with Gasteiger partial charge in [0.25, 0.3) is 5.56 Å². The Morgan fingerprint density at radius 3 is 2.43 bits per heavy atom. The molecule has 190 valence electrons. The molecule has 2 aliphatic carbocycles. The van der Waals surface area contributed by atoms with Gasteiger partial charge in [0.1, 0.15) is 5.60 Å². The summed E-state index contributed by atoms with van der Waals surface area (Å²) < 4.78 is 12.3. The lowest BCUT2D eigenvalue weighted by molar-refractivity contribution is 0.0186. The highest BCUT2D eigenvalue weighted by atomic mass is 32.2. The van der Waals surface area contributed by atoms with E-state index in [0.29, 0.717) is 43.8 Å². The average molecular weight is 501 g/mol. The number of ether oxygens (including phenoxy) is 1. The number of carbonyl (C=O) groups excluding carboxylic acids is 1. The van der Waals surface area contributed by atoms with Crippen molar-refractivity contribution in [2.24, 2.45) is 5.92 Å². The van der Waals surface area contributed by atoms with E-state index in [1.807, 2.05) is 39.0 Å². The third kappa shape index (κ3) is 5.45. The van der Waals surface area contributed by atoms with E-state index < -0.39 is 5.60 Å². The number of amides is 1. The number of hydrogen-bond acceptors (Lipinski definition) is 6. The van der Waals surface area contributed by atoms with Gasteiger partial charge in [-0.3, -0.25) is 18.7 Å². The zero-order valence-corrected chi connectivity index (χ0v) is 22.0. The SMILES string of the molecule is CC1(NSc2ccc3c(c2)c(=O)n(C2CCN(C(=O)OC(C)(C)C)CC2)c(=O)n3CC2CC2)CC1. The first kappa shape index (κ1) is 24.4. The molecule has 1 aromatic carbocycles. The van der Waals surface area contributed by atoms with E-state index in [4.69, 9.17) is 4.74 Å². The zero-order chi connectivity index (χ0) is 25.0. The summed E-state index contributed by atoms with van der Waals surface area (Å²) in [5.74, 6) is 0.501. The van der Waals surface area contributed by atoms with E-state index in [0.717, 1.165) is 36.1 Å². The van der Waals surface area contributed by atoms with Crippen LogP contribution in [0.2, 0.25) is 0 Å². The summed E-state index contributed by atoms with van der Waals surface area (Å²) in [6.07, 6.45) is 5.32. The molecule has 1 saturated heterocycles. The number of hydrogen-bond donors (Lipinski definition) is 1. The number of fused-ring (bicyclic) bond motifs is 1. The van der Waals surface area contributed by atoms with Gasteiger partial charge in [0.15, 0.2) is 0 Å². The lowest BCUT2D eigenvalue weighted by atomic mass is 10.0. The van der Waals surface area contributed by atoms with E-state index in [1.165, 1.54) is 4.57 Å². The van der Waals surface area contributed by atoms with Crippen LogP contribution in [0.5, 0.6) is 0 Å². The number of carbonyl (C=O) groups is 1.